The minimum absolute atomic E-state index is 0.392. The molecule has 0 bridgehead atoms. The SMILES string of the molecule is CC/C(=C\c1cncn1C)C(=O)O. The van der Waals surface area contributed by atoms with Crippen LogP contribution in [0.25, 0.3) is 6.08 Å². The van der Waals surface area contributed by atoms with E-state index in [0.717, 1.165) is 5.69 Å². The number of aryl methyl sites for hydroxylation is 1. The van der Waals surface area contributed by atoms with Crippen LogP contribution in [0.3, 0.4) is 0 Å². The molecule has 0 saturated carbocycles. The number of carbonyl (C=O) groups is 1. The standard InChI is InChI=1S/C9H12N2O2/c1-3-7(9(12)13)4-8-5-10-6-11(8)2/h4-6H,3H2,1-2H3,(H,12,13)/b7-4+. The van der Waals surface area contributed by atoms with E-state index in [9.17, 15) is 4.79 Å². The summed E-state index contributed by atoms with van der Waals surface area (Å²) in [4.78, 5) is 14.6. The zero-order valence-corrected chi connectivity index (χ0v) is 7.69. The van der Waals surface area contributed by atoms with Gasteiger partial charge in [0.25, 0.3) is 0 Å². The predicted octanol–water partition coefficient (Wildman–Crippen LogP) is 1.30. The Morgan fingerprint density at radius 3 is 2.85 bits per heavy atom. The molecule has 1 N–H and O–H groups in total. The van der Waals surface area contributed by atoms with Gasteiger partial charge in [-0.1, -0.05) is 6.92 Å². The third-order valence-corrected chi connectivity index (χ3v) is 1.83. The van der Waals surface area contributed by atoms with E-state index in [0.29, 0.717) is 12.0 Å². The smallest absolute Gasteiger partial charge is 0.331 e. The highest BCUT2D eigenvalue weighted by molar-refractivity contribution is 5.91. The first-order valence-corrected chi connectivity index (χ1v) is 4.05. The van der Waals surface area contributed by atoms with Gasteiger partial charge in [-0.2, -0.15) is 0 Å². The van der Waals surface area contributed by atoms with Crippen LogP contribution in [0.2, 0.25) is 0 Å². The number of aliphatic carboxylic acids is 1. The highest BCUT2D eigenvalue weighted by atomic mass is 16.4. The molecular formula is C9H12N2O2. The van der Waals surface area contributed by atoms with Gasteiger partial charge >= 0.3 is 5.97 Å². The van der Waals surface area contributed by atoms with Crippen molar-refractivity contribution < 1.29 is 9.90 Å². The molecule has 4 nitrogen and oxygen atoms in total. The van der Waals surface area contributed by atoms with E-state index in [1.807, 2.05) is 14.0 Å². The fourth-order valence-corrected chi connectivity index (χ4v) is 1.00. The Morgan fingerprint density at radius 2 is 2.46 bits per heavy atom. The lowest BCUT2D eigenvalue weighted by molar-refractivity contribution is -0.132. The molecule has 70 valence electrons. The highest BCUT2D eigenvalue weighted by Gasteiger charge is 2.05. The van der Waals surface area contributed by atoms with E-state index < -0.39 is 5.97 Å². The number of hydrogen-bond acceptors (Lipinski definition) is 2. The summed E-state index contributed by atoms with van der Waals surface area (Å²) in [5.74, 6) is -0.872. The molecule has 0 amide bonds. The minimum Gasteiger partial charge on any atom is -0.478 e. The van der Waals surface area contributed by atoms with E-state index in [4.69, 9.17) is 5.11 Å². The normalized spacial score (nSPS) is 11.7. The van der Waals surface area contributed by atoms with Crippen LogP contribution in [0.15, 0.2) is 18.1 Å². The van der Waals surface area contributed by atoms with Gasteiger partial charge in [0, 0.05) is 12.6 Å². The molecule has 0 aliphatic rings. The lowest BCUT2D eigenvalue weighted by Crippen LogP contribution is -2.00. The second-order valence-electron chi connectivity index (χ2n) is 2.76. The number of aromatic nitrogens is 2. The predicted molar refractivity (Wildman–Crippen MR) is 49.1 cm³/mol. The Hall–Kier alpha value is -1.58. The van der Waals surface area contributed by atoms with Crippen molar-refractivity contribution in [2.24, 2.45) is 7.05 Å². The van der Waals surface area contributed by atoms with Crippen LogP contribution < -0.4 is 0 Å². The number of imidazole rings is 1. The third kappa shape index (κ3) is 2.18. The number of hydrogen-bond donors (Lipinski definition) is 1. The van der Waals surface area contributed by atoms with E-state index in [2.05, 4.69) is 4.98 Å². The van der Waals surface area contributed by atoms with E-state index in [1.165, 1.54) is 0 Å². The average molecular weight is 180 g/mol. The van der Waals surface area contributed by atoms with Gasteiger partial charge in [0.15, 0.2) is 0 Å². The summed E-state index contributed by atoms with van der Waals surface area (Å²) < 4.78 is 1.78. The molecule has 0 spiro atoms. The van der Waals surface area contributed by atoms with E-state index >= 15 is 0 Å². The lowest BCUT2D eigenvalue weighted by atomic mass is 10.2. The molecule has 0 aliphatic carbocycles. The third-order valence-electron chi connectivity index (χ3n) is 1.83. The average Bonchev–Trinajstić information content (AvgIpc) is 2.46. The summed E-state index contributed by atoms with van der Waals surface area (Å²) in [6.45, 7) is 1.82. The Balaban J connectivity index is 2.98. The molecule has 0 unspecified atom stereocenters. The Morgan fingerprint density at radius 1 is 1.77 bits per heavy atom. The van der Waals surface area contributed by atoms with Crippen molar-refractivity contribution in [1.29, 1.82) is 0 Å². The summed E-state index contributed by atoms with van der Waals surface area (Å²) in [5, 5.41) is 8.76. The van der Waals surface area contributed by atoms with Gasteiger partial charge in [0.2, 0.25) is 0 Å². The van der Waals surface area contributed by atoms with Crippen LogP contribution in [0.4, 0.5) is 0 Å². The summed E-state index contributed by atoms with van der Waals surface area (Å²) in [6.07, 6.45) is 5.43. The van der Waals surface area contributed by atoms with Crippen LogP contribution in [0.1, 0.15) is 19.0 Å². The zero-order valence-electron chi connectivity index (χ0n) is 7.69. The maximum Gasteiger partial charge on any atom is 0.331 e. The van der Waals surface area contributed by atoms with Crippen molar-refractivity contribution in [3.05, 3.63) is 23.8 Å². The van der Waals surface area contributed by atoms with Crippen LogP contribution in [0, 0.1) is 0 Å². The largest absolute Gasteiger partial charge is 0.478 e. The highest BCUT2D eigenvalue weighted by Crippen LogP contribution is 2.08. The second kappa shape index (κ2) is 3.89. The summed E-state index contributed by atoms with van der Waals surface area (Å²) in [7, 11) is 1.83. The first kappa shape index (κ1) is 9.51. The molecule has 1 aromatic rings. The molecule has 1 aromatic heterocycles. The first-order chi connectivity index (χ1) is 6.15. The fourth-order valence-electron chi connectivity index (χ4n) is 1.00. The van der Waals surface area contributed by atoms with Gasteiger partial charge in [-0.25, -0.2) is 9.78 Å². The number of carboxylic acid groups (broad SMARTS) is 1. The number of carboxylic acids is 1. The lowest BCUT2D eigenvalue weighted by Gasteiger charge is -1.98. The van der Waals surface area contributed by atoms with Crippen molar-refractivity contribution in [2.75, 3.05) is 0 Å². The molecule has 13 heavy (non-hydrogen) atoms. The van der Waals surface area contributed by atoms with E-state index in [-0.39, 0.29) is 0 Å². The van der Waals surface area contributed by atoms with E-state index in [1.54, 1.807) is 23.2 Å². The molecule has 0 fully saturated rings. The van der Waals surface area contributed by atoms with Crippen molar-refractivity contribution >= 4 is 12.0 Å². The van der Waals surface area contributed by atoms with Crippen LogP contribution in [0.5, 0.6) is 0 Å². The topological polar surface area (TPSA) is 55.1 Å². The fraction of sp³-hybridized carbons (Fsp3) is 0.333. The summed E-state index contributed by atoms with van der Waals surface area (Å²) >= 11 is 0. The first-order valence-electron chi connectivity index (χ1n) is 4.05. The molecule has 0 atom stereocenters. The molecule has 0 aromatic carbocycles. The van der Waals surface area contributed by atoms with Gasteiger partial charge in [-0.05, 0) is 12.5 Å². The molecule has 1 heterocycles. The maximum absolute atomic E-state index is 10.7. The van der Waals surface area contributed by atoms with Crippen LogP contribution in [-0.2, 0) is 11.8 Å². The van der Waals surface area contributed by atoms with Crippen molar-refractivity contribution in [1.82, 2.24) is 9.55 Å². The van der Waals surface area contributed by atoms with Gasteiger partial charge in [0.1, 0.15) is 0 Å². The molecule has 0 radical (unpaired) electrons. The monoisotopic (exact) mass is 180 g/mol. The molecule has 1 rings (SSSR count). The maximum atomic E-state index is 10.7. The Kier molecular flexibility index (Phi) is 2.84. The molecule has 0 saturated heterocycles. The quantitative estimate of drug-likeness (QED) is 0.713. The van der Waals surface area contributed by atoms with Gasteiger partial charge in [-0.15, -0.1) is 0 Å². The van der Waals surface area contributed by atoms with Crippen molar-refractivity contribution in [3.63, 3.8) is 0 Å². The second-order valence-corrected chi connectivity index (χ2v) is 2.76. The van der Waals surface area contributed by atoms with Crippen molar-refractivity contribution in [2.45, 2.75) is 13.3 Å². The van der Waals surface area contributed by atoms with Gasteiger partial charge < -0.3 is 9.67 Å². The minimum atomic E-state index is -0.872. The van der Waals surface area contributed by atoms with Crippen molar-refractivity contribution in [3.8, 4) is 0 Å². The van der Waals surface area contributed by atoms with Crippen LogP contribution >= 0.6 is 0 Å². The van der Waals surface area contributed by atoms with Gasteiger partial charge in [0.05, 0.1) is 18.2 Å². The summed E-state index contributed by atoms with van der Waals surface area (Å²) in [5.41, 5.74) is 1.20. The van der Waals surface area contributed by atoms with Gasteiger partial charge in [-0.3, -0.25) is 0 Å². The Bertz CT molecular complexity index is 339. The summed E-state index contributed by atoms with van der Waals surface area (Å²) in [6, 6.07) is 0. The number of nitrogens with zero attached hydrogens (tertiary/aromatic N) is 2. The molecule has 4 heteroatoms. The Labute approximate surface area is 76.5 Å². The zero-order chi connectivity index (χ0) is 9.84. The molecule has 0 aliphatic heterocycles. The molecular weight excluding hydrogens is 168 g/mol. The van der Waals surface area contributed by atoms with Crippen LogP contribution in [-0.4, -0.2) is 20.6 Å². The number of rotatable bonds is 3.